The molecular formula is C13H14ClN3O. The predicted octanol–water partition coefficient (Wildman–Crippen LogP) is 2.76. The zero-order valence-electron chi connectivity index (χ0n) is 10.1. The van der Waals surface area contributed by atoms with Crippen LogP contribution in [0.5, 0.6) is 0 Å². The van der Waals surface area contributed by atoms with Crippen LogP contribution in [-0.2, 0) is 6.54 Å². The van der Waals surface area contributed by atoms with E-state index in [4.69, 9.17) is 11.6 Å². The smallest absolute Gasteiger partial charge is 0.244 e. The molecule has 5 heteroatoms. The van der Waals surface area contributed by atoms with Crippen molar-refractivity contribution in [2.24, 2.45) is 0 Å². The number of aryl methyl sites for hydroxylation is 1. The topological polar surface area (TPSA) is 47.8 Å². The number of aromatic nitrogens is 3. The fourth-order valence-electron chi connectivity index (χ4n) is 1.59. The van der Waals surface area contributed by atoms with Crippen LogP contribution in [0.1, 0.15) is 19.8 Å². The van der Waals surface area contributed by atoms with Gasteiger partial charge in [-0.1, -0.05) is 37.1 Å². The third kappa shape index (κ3) is 2.96. The first-order valence-electron chi connectivity index (χ1n) is 5.91. The molecule has 0 aliphatic heterocycles. The highest BCUT2D eigenvalue weighted by atomic mass is 35.5. The Morgan fingerprint density at radius 2 is 2.00 bits per heavy atom. The molecule has 0 unspecified atom stereocenters. The number of halogens is 1. The van der Waals surface area contributed by atoms with Crippen molar-refractivity contribution in [3.63, 3.8) is 0 Å². The Balaban J connectivity index is 2.34. The van der Waals surface area contributed by atoms with Crippen molar-refractivity contribution in [2.75, 3.05) is 0 Å². The average molecular weight is 264 g/mol. The molecule has 0 fully saturated rings. The first-order chi connectivity index (χ1) is 8.70. The maximum Gasteiger partial charge on any atom is 0.363 e. The van der Waals surface area contributed by atoms with Gasteiger partial charge in [-0.25, -0.2) is 9.48 Å². The molecule has 94 valence electrons. The Hall–Kier alpha value is -1.68. The summed E-state index contributed by atoms with van der Waals surface area (Å²) >= 11 is 5.83. The zero-order valence-corrected chi connectivity index (χ0v) is 10.9. The minimum absolute atomic E-state index is 0.304. The molecule has 0 saturated carbocycles. The van der Waals surface area contributed by atoms with Gasteiger partial charge in [0.25, 0.3) is 0 Å². The van der Waals surface area contributed by atoms with E-state index in [1.165, 1.54) is 10.9 Å². The van der Waals surface area contributed by atoms with Gasteiger partial charge in [-0.05, 0) is 18.6 Å². The number of rotatable bonds is 4. The second kappa shape index (κ2) is 5.78. The van der Waals surface area contributed by atoms with Crippen molar-refractivity contribution in [1.82, 2.24) is 14.8 Å². The van der Waals surface area contributed by atoms with Gasteiger partial charge in [-0.2, -0.15) is 10.1 Å². The van der Waals surface area contributed by atoms with Crippen molar-refractivity contribution in [3.8, 4) is 11.3 Å². The maximum absolute atomic E-state index is 11.5. The van der Waals surface area contributed by atoms with Crippen molar-refractivity contribution in [3.05, 3.63) is 46.0 Å². The Morgan fingerprint density at radius 3 is 2.67 bits per heavy atom. The quantitative estimate of drug-likeness (QED) is 0.852. The second-order valence-electron chi connectivity index (χ2n) is 4.01. The molecule has 1 aromatic carbocycles. The molecule has 0 bridgehead atoms. The number of unbranched alkanes of at least 4 members (excludes halogenated alkanes) is 1. The lowest BCUT2D eigenvalue weighted by Gasteiger charge is -2.05. The van der Waals surface area contributed by atoms with Crippen molar-refractivity contribution < 1.29 is 0 Å². The van der Waals surface area contributed by atoms with Gasteiger partial charge >= 0.3 is 5.69 Å². The Kier molecular flexibility index (Phi) is 4.10. The van der Waals surface area contributed by atoms with E-state index in [0.717, 1.165) is 18.4 Å². The Morgan fingerprint density at radius 1 is 1.28 bits per heavy atom. The van der Waals surface area contributed by atoms with Crippen LogP contribution in [0.25, 0.3) is 11.3 Å². The third-order valence-electron chi connectivity index (χ3n) is 2.61. The van der Waals surface area contributed by atoms with E-state index in [2.05, 4.69) is 17.0 Å². The van der Waals surface area contributed by atoms with Gasteiger partial charge in [-0.15, -0.1) is 0 Å². The van der Waals surface area contributed by atoms with Gasteiger partial charge in [0, 0.05) is 17.1 Å². The molecule has 0 spiro atoms. The first-order valence-corrected chi connectivity index (χ1v) is 6.28. The summed E-state index contributed by atoms with van der Waals surface area (Å²) in [4.78, 5) is 15.4. The van der Waals surface area contributed by atoms with Crippen molar-refractivity contribution in [2.45, 2.75) is 26.3 Å². The molecule has 0 aliphatic rings. The third-order valence-corrected chi connectivity index (χ3v) is 2.86. The molecule has 0 saturated heterocycles. The monoisotopic (exact) mass is 263 g/mol. The highest BCUT2D eigenvalue weighted by Gasteiger charge is 2.04. The van der Waals surface area contributed by atoms with Crippen LogP contribution >= 0.6 is 11.6 Å². The first kappa shape index (κ1) is 12.8. The molecule has 1 aromatic heterocycles. The van der Waals surface area contributed by atoms with E-state index in [1.54, 1.807) is 12.1 Å². The minimum atomic E-state index is -0.304. The molecule has 0 radical (unpaired) electrons. The number of nitrogens with zero attached hydrogens (tertiary/aromatic N) is 3. The van der Waals surface area contributed by atoms with Gasteiger partial charge in [0.2, 0.25) is 0 Å². The largest absolute Gasteiger partial charge is 0.363 e. The van der Waals surface area contributed by atoms with Crippen LogP contribution in [0.2, 0.25) is 5.02 Å². The summed E-state index contributed by atoms with van der Waals surface area (Å²) in [5.41, 5.74) is 1.28. The molecular weight excluding hydrogens is 250 g/mol. The summed E-state index contributed by atoms with van der Waals surface area (Å²) in [6, 6.07) is 7.31. The van der Waals surface area contributed by atoms with Gasteiger partial charge in [0.1, 0.15) is 5.69 Å². The SMILES string of the molecule is CCCCn1nc(-c2ccc(Cl)cc2)cnc1=O. The molecule has 0 amide bonds. The molecule has 18 heavy (non-hydrogen) atoms. The van der Waals surface area contributed by atoms with E-state index >= 15 is 0 Å². The molecule has 2 aromatic rings. The molecule has 0 atom stereocenters. The average Bonchev–Trinajstić information content (AvgIpc) is 2.39. The summed E-state index contributed by atoms with van der Waals surface area (Å²) < 4.78 is 1.41. The highest BCUT2D eigenvalue weighted by Crippen LogP contribution is 2.17. The number of hydrogen-bond donors (Lipinski definition) is 0. The normalized spacial score (nSPS) is 10.6. The van der Waals surface area contributed by atoms with E-state index < -0.39 is 0 Å². The van der Waals surface area contributed by atoms with Crippen LogP contribution in [-0.4, -0.2) is 14.8 Å². The van der Waals surface area contributed by atoms with E-state index in [0.29, 0.717) is 17.3 Å². The Bertz CT molecular complexity index is 578. The van der Waals surface area contributed by atoms with E-state index in [9.17, 15) is 4.79 Å². The van der Waals surface area contributed by atoms with Crippen molar-refractivity contribution >= 4 is 11.6 Å². The van der Waals surface area contributed by atoms with Gasteiger partial charge in [0.05, 0.1) is 6.20 Å². The van der Waals surface area contributed by atoms with E-state index in [1.807, 2.05) is 12.1 Å². The molecule has 0 N–H and O–H groups in total. The summed E-state index contributed by atoms with van der Waals surface area (Å²) in [5, 5.41) is 4.98. The van der Waals surface area contributed by atoms with Crippen LogP contribution < -0.4 is 5.69 Å². The lowest BCUT2D eigenvalue weighted by molar-refractivity contribution is 0.530. The Labute approximate surface area is 110 Å². The molecule has 1 heterocycles. The minimum Gasteiger partial charge on any atom is -0.244 e. The van der Waals surface area contributed by atoms with Crippen molar-refractivity contribution in [1.29, 1.82) is 0 Å². The lowest BCUT2D eigenvalue weighted by atomic mass is 10.2. The van der Waals surface area contributed by atoms with Gasteiger partial charge in [-0.3, -0.25) is 0 Å². The van der Waals surface area contributed by atoms with Gasteiger partial charge in [0.15, 0.2) is 0 Å². The van der Waals surface area contributed by atoms with Crippen LogP contribution in [0.3, 0.4) is 0 Å². The fraction of sp³-hybridized carbons (Fsp3) is 0.308. The zero-order chi connectivity index (χ0) is 13.0. The van der Waals surface area contributed by atoms with Gasteiger partial charge < -0.3 is 0 Å². The summed E-state index contributed by atoms with van der Waals surface area (Å²) in [7, 11) is 0. The summed E-state index contributed by atoms with van der Waals surface area (Å²) in [6.07, 6.45) is 3.42. The molecule has 0 aliphatic carbocycles. The number of hydrogen-bond acceptors (Lipinski definition) is 3. The second-order valence-corrected chi connectivity index (χ2v) is 4.45. The highest BCUT2D eigenvalue weighted by molar-refractivity contribution is 6.30. The van der Waals surface area contributed by atoms with Crippen LogP contribution in [0.15, 0.2) is 35.3 Å². The fourth-order valence-corrected chi connectivity index (χ4v) is 1.71. The standard InChI is InChI=1S/C13H14ClN3O/c1-2-3-8-17-13(18)15-9-12(16-17)10-4-6-11(14)7-5-10/h4-7,9H,2-3,8H2,1H3. The van der Waals surface area contributed by atoms with Crippen LogP contribution in [0.4, 0.5) is 0 Å². The maximum atomic E-state index is 11.5. The predicted molar refractivity (Wildman–Crippen MR) is 71.6 cm³/mol. The van der Waals surface area contributed by atoms with E-state index in [-0.39, 0.29) is 5.69 Å². The molecule has 4 nitrogen and oxygen atoms in total. The summed E-state index contributed by atoms with van der Waals surface area (Å²) in [6.45, 7) is 2.67. The lowest BCUT2D eigenvalue weighted by Crippen LogP contribution is -2.25. The summed E-state index contributed by atoms with van der Waals surface area (Å²) in [5.74, 6) is 0. The van der Waals surface area contributed by atoms with Crippen LogP contribution in [0, 0.1) is 0 Å². The molecule has 2 rings (SSSR count). The number of benzene rings is 1.